The first-order valence-corrected chi connectivity index (χ1v) is 8.21. The Hall–Kier alpha value is -1.79. The zero-order valence-corrected chi connectivity index (χ0v) is 16.3. The lowest BCUT2D eigenvalue weighted by Gasteiger charge is -2.25. The van der Waals surface area contributed by atoms with Gasteiger partial charge in [-0.3, -0.25) is 4.79 Å². The molecule has 2 N–H and O–H groups in total. The molecule has 0 aromatic heterocycles. The Kier molecular flexibility index (Phi) is 9.44. The molecule has 0 radical (unpaired) electrons. The number of ether oxygens (including phenoxy) is 1. The standard InChI is InChI=1S/C19H23N3O2.2ClH/c1-22(14-15-7-3-2-4-8-15)17-10-6-5-9-16(17)21-19(23)18-13-20-11-12-24-18;;/h2-10,18,20H,11-14H2,1H3,(H,21,23);2*1H. The number of hydrogen-bond donors (Lipinski definition) is 2. The van der Waals surface area contributed by atoms with Gasteiger partial charge in [0, 0.05) is 26.7 Å². The Balaban J connectivity index is 0.00000169. The van der Waals surface area contributed by atoms with Crippen LogP contribution in [0.3, 0.4) is 0 Å². The Labute approximate surface area is 166 Å². The van der Waals surface area contributed by atoms with Crippen LogP contribution in [0.2, 0.25) is 0 Å². The van der Waals surface area contributed by atoms with E-state index < -0.39 is 6.10 Å². The summed E-state index contributed by atoms with van der Waals surface area (Å²) in [6.45, 7) is 2.68. The highest BCUT2D eigenvalue weighted by molar-refractivity contribution is 5.97. The highest BCUT2D eigenvalue weighted by atomic mass is 35.5. The van der Waals surface area contributed by atoms with Gasteiger partial charge in [-0.2, -0.15) is 0 Å². The number of carbonyl (C=O) groups excluding carboxylic acids is 1. The van der Waals surface area contributed by atoms with Gasteiger partial charge in [0.2, 0.25) is 0 Å². The summed E-state index contributed by atoms with van der Waals surface area (Å²) in [5.41, 5.74) is 3.01. The number of benzene rings is 2. The Morgan fingerprint density at radius 3 is 2.54 bits per heavy atom. The molecule has 7 heteroatoms. The third-order valence-corrected chi connectivity index (χ3v) is 4.06. The van der Waals surface area contributed by atoms with Crippen LogP contribution < -0.4 is 15.5 Å². The van der Waals surface area contributed by atoms with Crippen molar-refractivity contribution < 1.29 is 9.53 Å². The summed E-state index contributed by atoms with van der Waals surface area (Å²) in [6.07, 6.45) is -0.439. The smallest absolute Gasteiger partial charge is 0.254 e. The maximum atomic E-state index is 12.4. The van der Waals surface area contributed by atoms with Crippen LogP contribution >= 0.6 is 24.8 Å². The van der Waals surface area contributed by atoms with Crippen LogP contribution in [0.4, 0.5) is 11.4 Å². The molecule has 0 bridgehead atoms. The van der Waals surface area contributed by atoms with Crippen LogP contribution in [-0.4, -0.2) is 38.8 Å². The van der Waals surface area contributed by atoms with Gasteiger partial charge in [0.05, 0.1) is 18.0 Å². The molecule has 1 atom stereocenters. The molecule has 0 saturated carbocycles. The van der Waals surface area contributed by atoms with E-state index in [0.717, 1.165) is 24.5 Å². The summed E-state index contributed by atoms with van der Waals surface area (Å²) >= 11 is 0. The van der Waals surface area contributed by atoms with Gasteiger partial charge >= 0.3 is 0 Å². The second-order valence-corrected chi connectivity index (χ2v) is 5.91. The lowest BCUT2D eigenvalue weighted by molar-refractivity contribution is -0.128. The molecule has 1 saturated heterocycles. The second-order valence-electron chi connectivity index (χ2n) is 5.91. The van der Waals surface area contributed by atoms with Crippen LogP contribution in [0.5, 0.6) is 0 Å². The van der Waals surface area contributed by atoms with Crippen molar-refractivity contribution in [2.45, 2.75) is 12.6 Å². The Bertz CT molecular complexity index is 679. The maximum absolute atomic E-state index is 12.4. The molecule has 1 unspecified atom stereocenters. The quantitative estimate of drug-likeness (QED) is 0.813. The zero-order valence-electron chi connectivity index (χ0n) is 14.7. The molecule has 0 spiro atoms. The van der Waals surface area contributed by atoms with E-state index in [1.54, 1.807) is 0 Å². The summed E-state index contributed by atoms with van der Waals surface area (Å²) in [4.78, 5) is 14.5. The fourth-order valence-electron chi connectivity index (χ4n) is 2.80. The minimum atomic E-state index is -0.439. The first-order valence-electron chi connectivity index (χ1n) is 8.21. The van der Waals surface area contributed by atoms with E-state index in [9.17, 15) is 4.79 Å². The van der Waals surface area contributed by atoms with Crippen molar-refractivity contribution in [1.29, 1.82) is 0 Å². The highest BCUT2D eigenvalue weighted by Gasteiger charge is 2.22. The predicted molar refractivity (Wildman–Crippen MR) is 111 cm³/mol. The largest absolute Gasteiger partial charge is 0.369 e. The van der Waals surface area contributed by atoms with Gasteiger partial charge in [0.1, 0.15) is 6.10 Å². The molecule has 5 nitrogen and oxygen atoms in total. The number of para-hydroxylation sites is 2. The average Bonchev–Trinajstić information content (AvgIpc) is 2.63. The summed E-state index contributed by atoms with van der Waals surface area (Å²) in [6, 6.07) is 18.1. The number of hydrogen-bond acceptors (Lipinski definition) is 4. The summed E-state index contributed by atoms with van der Waals surface area (Å²) < 4.78 is 5.52. The van der Waals surface area contributed by atoms with Crippen molar-refractivity contribution in [3.05, 3.63) is 60.2 Å². The molecular formula is C19H25Cl2N3O2. The topological polar surface area (TPSA) is 53.6 Å². The first kappa shape index (κ1) is 22.3. The van der Waals surface area contributed by atoms with Crippen LogP contribution in [0.1, 0.15) is 5.56 Å². The third kappa shape index (κ3) is 5.88. The van der Waals surface area contributed by atoms with Crippen molar-refractivity contribution in [2.24, 2.45) is 0 Å². The molecule has 1 heterocycles. The Morgan fingerprint density at radius 2 is 1.85 bits per heavy atom. The monoisotopic (exact) mass is 397 g/mol. The fourth-order valence-corrected chi connectivity index (χ4v) is 2.80. The normalized spacial score (nSPS) is 16.0. The molecule has 1 aliphatic heterocycles. The molecule has 0 aliphatic carbocycles. The van der Waals surface area contributed by atoms with Crippen molar-refractivity contribution in [1.82, 2.24) is 5.32 Å². The fraction of sp³-hybridized carbons (Fsp3) is 0.316. The van der Waals surface area contributed by atoms with Crippen molar-refractivity contribution >= 4 is 42.1 Å². The molecule has 2 aromatic rings. The van der Waals surface area contributed by atoms with Crippen LogP contribution in [0.25, 0.3) is 0 Å². The van der Waals surface area contributed by atoms with Gasteiger partial charge in [-0.25, -0.2) is 0 Å². The molecule has 1 amide bonds. The highest BCUT2D eigenvalue weighted by Crippen LogP contribution is 2.26. The zero-order chi connectivity index (χ0) is 16.8. The van der Waals surface area contributed by atoms with E-state index >= 15 is 0 Å². The molecule has 26 heavy (non-hydrogen) atoms. The van der Waals surface area contributed by atoms with E-state index in [0.29, 0.717) is 13.2 Å². The van der Waals surface area contributed by atoms with Gasteiger partial charge in [-0.15, -0.1) is 24.8 Å². The van der Waals surface area contributed by atoms with Crippen molar-refractivity contribution in [3.63, 3.8) is 0 Å². The van der Waals surface area contributed by atoms with Gasteiger partial charge in [-0.1, -0.05) is 42.5 Å². The molecule has 142 valence electrons. The van der Waals surface area contributed by atoms with Gasteiger partial charge in [0.25, 0.3) is 5.91 Å². The number of halogens is 2. The van der Waals surface area contributed by atoms with E-state index in [1.807, 2.05) is 49.5 Å². The SMILES string of the molecule is CN(Cc1ccccc1)c1ccccc1NC(=O)C1CNCCO1.Cl.Cl. The number of nitrogens with one attached hydrogen (secondary N) is 2. The number of morpholine rings is 1. The number of carbonyl (C=O) groups is 1. The molecule has 1 fully saturated rings. The van der Waals surface area contributed by atoms with E-state index in [1.165, 1.54) is 5.56 Å². The Morgan fingerprint density at radius 1 is 1.15 bits per heavy atom. The van der Waals surface area contributed by atoms with Gasteiger partial charge in [0.15, 0.2) is 0 Å². The minimum absolute atomic E-state index is 0. The number of amides is 1. The third-order valence-electron chi connectivity index (χ3n) is 4.06. The second kappa shape index (κ2) is 11.0. The van der Waals surface area contributed by atoms with Crippen molar-refractivity contribution in [2.75, 3.05) is 37.0 Å². The van der Waals surface area contributed by atoms with Crippen LogP contribution in [-0.2, 0) is 16.1 Å². The number of rotatable bonds is 5. The van der Waals surface area contributed by atoms with Crippen LogP contribution in [0.15, 0.2) is 54.6 Å². The minimum Gasteiger partial charge on any atom is -0.369 e. The lowest BCUT2D eigenvalue weighted by atomic mass is 10.2. The molecular weight excluding hydrogens is 373 g/mol. The van der Waals surface area contributed by atoms with Crippen molar-refractivity contribution in [3.8, 4) is 0 Å². The maximum Gasteiger partial charge on any atom is 0.254 e. The average molecular weight is 398 g/mol. The summed E-state index contributed by atoms with van der Waals surface area (Å²) in [7, 11) is 2.02. The lowest BCUT2D eigenvalue weighted by Crippen LogP contribution is -2.45. The summed E-state index contributed by atoms with van der Waals surface area (Å²) in [5, 5.41) is 6.18. The molecule has 3 rings (SSSR count). The number of nitrogens with zero attached hydrogens (tertiary/aromatic N) is 1. The molecule has 2 aromatic carbocycles. The summed E-state index contributed by atoms with van der Waals surface area (Å²) in [5.74, 6) is -0.109. The van der Waals surface area contributed by atoms with E-state index in [4.69, 9.17) is 4.74 Å². The predicted octanol–water partition coefficient (Wildman–Crippen LogP) is 3.09. The molecule has 1 aliphatic rings. The number of anilines is 2. The van der Waals surface area contributed by atoms with E-state index in [-0.39, 0.29) is 30.7 Å². The van der Waals surface area contributed by atoms with Gasteiger partial charge < -0.3 is 20.3 Å². The first-order chi connectivity index (χ1) is 11.7. The van der Waals surface area contributed by atoms with Gasteiger partial charge in [-0.05, 0) is 17.7 Å². The van der Waals surface area contributed by atoms with Crippen LogP contribution in [0, 0.1) is 0 Å². The van der Waals surface area contributed by atoms with E-state index in [2.05, 4.69) is 27.7 Å².